The minimum atomic E-state index is -0.415. The summed E-state index contributed by atoms with van der Waals surface area (Å²) < 4.78 is 24.2. The summed E-state index contributed by atoms with van der Waals surface area (Å²) in [5.74, 6) is 0.510. The van der Waals surface area contributed by atoms with Crippen LogP contribution in [-0.2, 0) is 11.8 Å². The molecule has 29 heavy (non-hydrogen) atoms. The van der Waals surface area contributed by atoms with Gasteiger partial charge in [-0.15, -0.1) is 0 Å². The van der Waals surface area contributed by atoms with E-state index in [2.05, 4.69) is 10.2 Å². The number of benzene rings is 1. The molecule has 3 aromatic rings. The van der Waals surface area contributed by atoms with Crippen molar-refractivity contribution in [2.45, 2.75) is 57.6 Å². The molecule has 0 spiro atoms. The van der Waals surface area contributed by atoms with E-state index in [0.29, 0.717) is 35.5 Å². The third-order valence-electron chi connectivity index (χ3n) is 6.47. The first-order valence-corrected chi connectivity index (χ1v) is 10.4. The molecule has 2 aliphatic carbocycles. The van der Waals surface area contributed by atoms with Gasteiger partial charge in [0.05, 0.1) is 29.2 Å². The third kappa shape index (κ3) is 3.22. The van der Waals surface area contributed by atoms with Gasteiger partial charge in [0, 0.05) is 37.6 Å². The smallest absolute Gasteiger partial charge is 0.222 e. The molecule has 5 rings (SSSR count). The fourth-order valence-corrected chi connectivity index (χ4v) is 4.39. The largest absolute Gasteiger partial charge is 0.490 e. The predicted molar refractivity (Wildman–Crippen MR) is 107 cm³/mol. The number of ketones is 1. The molecule has 0 bridgehead atoms. The number of carbonyl (C=O) groups excluding carboxylic acids is 1. The molecule has 0 radical (unpaired) electrons. The average molecular weight is 396 g/mol. The van der Waals surface area contributed by atoms with Gasteiger partial charge in [0.1, 0.15) is 11.5 Å². The molecule has 0 aliphatic heterocycles. The maximum absolute atomic E-state index is 14.8. The fraction of sp³-hybridized carbons (Fsp3) is 0.500. The number of aromatic nitrogens is 4. The molecule has 2 aliphatic rings. The number of fused-ring (bicyclic) bond motifs is 1. The van der Waals surface area contributed by atoms with Crippen LogP contribution < -0.4 is 4.74 Å². The summed E-state index contributed by atoms with van der Waals surface area (Å²) in [4.78, 5) is 11.7. The standard InChI is InChI=1S/C22H25FN4O2/c1-13(14-6-7-18(28)8-14)29-20-10-15(9-19-21(20)22(23)26(2)25-19)16-11-24-27(12-16)17-4-3-5-17/h9-14,17H,3-8H2,1-2H3/t13-,14+/m1/s1. The molecule has 0 unspecified atom stereocenters. The molecule has 0 saturated heterocycles. The zero-order chi connectivity index (χ0) is 20.1. The van der Waals surface area contributed by atoms with E-state index >= 15 is 0 Å². The van der Waals surface area contributed by atoms with E-state index < -0.39 is 5.95 Å². The third-order valence-corrected chi connectivity index (χ3v) is 6.47. The van der Waals surface area contributed by atoms with Gasteiger partial charge >= 0.3 is 0 Å². The van der Waals surface area contributed by atoms with Crippen molar-refractivity contribution in [3.63, 3.8) is 0 Å². The maximum Gasteiger partial charge on any atom is 0.222 e. The molecule has 0 amide bonds. The summed E-state index contributed by atoms with van der Waals surface area (Å²) in [7, 11) is 1.59. The highest BCUT2D eigenvalue weighted by Gasteiger charge is 2.29. The maximum atomic E-state index is 14.8. The Morgan fingerprint density at radius 2 is 2.07 bits per heavy atom. The number of carbonyl (C=O) groups is 1. The van der Waals surface area contributed by atoms with Crippen molar-refractivity contribution in [2.24, 2.45) is 13.0 Å². The van der Waals surface area contributed by atoms with E-state index in [1.807, 2.05) is 36.1 Å². The Bertz CT molecular complexity index is 1080. The number of aryl methyl sites for hydroxylation is 1. The van der Waals surface area contributed by atoms with Crippen LogP contribution >= 0.6 is 0 Å². The van der Waals surface area contributed by atoms with Crippen molar-refractivity contribution >= 4 is 16.7 Å². The first-order chi connectivity index (χ1) is 14.0. The lowest BCUT2D eigenvalue weighted by Crippen LogP contribution is -2.22. The summed E-state index contributed by atoms with van der Waals surface area (Å²) in [6.07, 6.45) is 9.27. The Morgan fingerprint density at radius 3 is 2.76 bits per heavy atom. The molecule has 2 heterocycles. The second-order valence-corrected chi connectivity index (χ2v) is 8.44. The molecule has 0 N–H and O–H groups in total. The van der Waals surface area contributed by atoms with E-state index in [9.17, 15) is 9.18 Å². The van der Waals surface area contributed by atoms with Crippen molar-refractivity contribution in [2.75, 3.05) is 0 Å². The van der Waals surface area contributed by atoms with Gasteiger partial charge in [0.2, 0.25) is 5.95 Å². The van der Waals surface area contributed by atoms with Gasteiger partial charge in [0.15, 0.2) is 0 Å². The van der Waals surface area contributed by atoms with E-state index in [1.165, 1.54) is 11.1 Å². The summed E-state index contributed by atoms with van der Waals surface area (Å²) >= 11 is 0. The molecule has 2 atom stereocenters. The summed E-state index contributed by atoms with van der Waals surface area (Å²) in [6, 6.07) is 4.25. The Balaban J connectivity index is 1.52. The zero-order valence-electron chi connectivity index (χ0n) is 16.8. The number of Topliss-reactive ketones (excluding diaryl/α,β-unsaturated/α-hetero) is 1. The van der Waals surface area contributed by atoms with Gasteiger partial charge in [-0.2, -0.15) is 14.6 Å². The highest BCUT2D eigenvalue weighted by Crippen LogP contribution is 2.37. The van der Waals surface area contributed by atoms with Gasteiger partial charge in [-0.25, -0.2) is 4.68 Å². The number of rotatable bonds is 5. The van der Waals surface area contributed by atoms with Crippen LogP contribution in [0.3, 0.4) is 0 Å². The molecule has 152 valence electrons. The summed E-state index contributed by atoms with van der Waals surface area (Å²) in [5, 5.41) is 9.23. The molecular weight excluding hydrogens is 371 g/mol. The van der Waals surface area contributed by atoms with Crippen molar-refractivity contribution < 1.29 is 13.9 Å². The average Bonchev–Trinajstić information content (AvgIpc) is 3.34. The van der Waals surface area contributed by atoms with E-state index in [4.69, 9.17) is 4.74 Å². The van der Waals surface area contributed by atoms with Crippen LogP contribution in [0.2, 0.25) is 0 Å². The van der Waals surface area contributed by atoms with Crippen LogP contribution in [0.1, 0.15) is 51.5 Å². The Labute approximate surface area is 168 Å². The molecular formula is C22H25FN4O2. The van der Waals surface area contributed by atoms with Crippen LogP contribution in [0, 0.1) is 11.9 Å². The van der Waals surface area contributed by atoms with Gasteiger partial charge in [0.25, 0.3) is 0 Å². The molecule has 2 fully saturated rings. The van der Waals surface area contributed by atoms with Gasteiger partial charge in [-0.05, 0) is 50.3 Å². The topological polar surface area (TPSA) is 61.9 Å². The quantitative estimate of drug-likeness (QED) is 0.640. The fourth-order valence-electron chi connectivity index (χ4n) is 4.39. The van der Waals surface area contributed by atoms with Crippen molar-refractivity contribution in [3.05, 3.63) is 30.5 Å². The predicted octanol–water partition coefficient (Wildman–Crippen LogP) is 4.44. The Morgan fingerprint density at radius 1 is 1.24 bits per heavy atom. The number of ether oxygens (including phenoxy) is 1. The lowest BCUT2D eigenvalue weighted by Gasteiger charge is -2.25. The van der Waals surface area contributed by atoms with Crippen LogP contribution in [0.15, 0.2) is 24.5 Å². The molecule has 2 saturated carbocycles. The summed E-state index contributed by atoms with van der Waals surface area (Å²) in [6.45, 7) is 1.96. The van der Waals surface area contributed by atoms with Crippen LogP contribution in [0.25, 0.3) is 22.0 Å². The number of hydrogen-bond acceptors (Lipinski definition) is 4. The van der Waals surface area contributed by atoms with Crippen molar-refractivity contribution in [1.29, 1.82) is 0 Å². The highest BCUT2D eigenvalue weighted by molar-refractivity contribution is 5.90. The van der Waals surface area contributed by atoms with E-state index in [-0.39, 0.29) is 17.8 Å². The van der Waals surface area contributed by atoms with Gasteiger partial charge in [-0.3, -0.25) is 9.48 Å². The Kier molecular flexibility index (Phi) is 4.41. The van der Waals surface area contributed by atoms with Gasteiger partial charge in [-0.1, -0.05) is 0 Å². The number of hydrogen-bond donors (Lipinski definition) is 0. The number of halogens is 1. The zero-order valence-corrected chi connectivity index (χ0v) is 16.8. The SMILES string of the molecule is C[C@@H](Oc1cc(-c2cnn(C3CCC3)c2)cc2nn(C)c(F)c12)[C@H]1CCC(=O)C1. The van der Waals surface area contributed by atoms with Crippen molar-refractivity contribution in [3.8, 4) is 16.9 Å². The summed E-state index contributed by atoms with van der Waals surface area (Å²) in [5.41, 5.74) is 2.44. The lowest BCUT2D eigenvalue weighted by atomic mass is 9.93. The second kappa shape index (κ2) is 6.97. The number of nitrogens with zero attached hydrogens (tertiary/aromatic N) is 4. The lowest BCUT2D eigenvalue weighted by molar-refractivity contribution is -0.117. The minimum absolute atomic E-state index is 0.169. The second-order valence-electron chi connectivity index (χ2n) is 8.44. The minimum Gasteiger partial charge on any atom is -0.490 e. The Hall–Kier alpha value is -2.70. The van der Waals surface area contributed by atoms with Crippen molar-refractivity contribution in [1.82, 2.24) is 19.6 Å². The monoisotopic (exact) mass is 396 g/mol. The van der Waals surface area contributed by atoms with Crippen LogP contribution in [0.5, 0.6) is 5.75 Å². The molecule has 2 aromatic heterocycles. The highest BCUT2D eigenvalue weighted by atomic mass is 19.1. The van der Waals surface area contributed by atoms with E-state index in [1.54, 1.807) is 7.05 Å². The molecule has 7 heteroatoms. The van der Waals surface area contributed by atoms with Crippen LogP contribution in [-0.4, -0.2) is 31.4 Å². The van der Waals surface area contributed by atoms with Gasteiger partial charge < -0.3 is 4.74 Å². The first kappa shape index (κ1) is 18.3. The van der Waals surface area contributed by atoms with Crippen LogP contribution in [0.4, 0.5) is 4.39 Å². The molecule has 6 nitrogen and oxygen atoms in total. The molecule has 1 aromatic carbocycles. The van der Waals surface area contributed by atoms with E-state index in [0.717, 1.165) is 30.4 Å². The normalized spacial score (nSPS) is 20.9. The first-order valence-electron chi connectivity index (χ1n) is 10.4.